The van der Waals surface area contributed by atoms with Gasteiger partial charge < -0.3 is 0 Å². The van der Waals surface area contributed by atoms with Crippen molar-refractivity contribution >= 4 is 15.9 Å². The van der Waals surface area contributed by atoms with Gasteiger partial charge in [0.15, 0.2) is 0 Å². The molecule has 0 saturated carbocycles. The molecule has 1 N–H and O–H groups in total. The smallest absolute Gasteiger partial charge is 0.274 e. The van der Waals surface area contributed by atoms with Crippen molar-refractivity contribution in [2.45, 2.75) is 56.9 Å². The first-order valence-electron chi connectivity index (χ1n) is 6.43. The summed E-state index contributed by atoms with van der Waals surface area (Å²) in [4.78, 5) is 11.1. The van der Waals surface area contributed by atoms with E-state index in [9.17, 15) is 26.4 Å². The van der Waals surface area contributed by atoms with Gasteiger partial charge in [0, 0.05) is 6.42 Å². The molecule has 0 aromatic rings. The highest BCUT2D eigenvalue weighted by molar-refractivity contribution is 7.90. The van der Waals surface area contributed by atoms with Crippen molar-refractivity contribution in [1.82, 2.24) is 4.72 Å². The molecule has 0 saturated heterocycles. The van der Waals surface area contributed by atoms with E-state index in [2.05, 4.69) is 6.58 Å². The molecule has 0 radical (unpaired) electrons. The van der Waals surface area contributed by atoms with Crippen molar-refractivity contribution in [3.8, 4) is 0 Å². The van der Waals surface area contributed by atoms with Gasteiger partial charge in [0.05, 0.1) is 0 Å². The lowest BCUT2D eigenvalue weighted by molar-refractivity contribution is -0.120. The molecule has 0 bridgehead atoms. The largest absolute Gasteiger partial charge is 0.516 e. The van der Waals surface area contributed by atoms with Gasteiger partial charge in [-0.3, -0.25) is 4.79 Å². The summed E-state index contributed by atoms with van der Waals surface area (Å²) in [5.74, 6) is -1.12. The average molecular weight is 315 g/mol. The Morgan fingerprint density at radius 3 is 2.05 bits per heavy atom. The van der Waals surface area contributed by atoms with Gasteiger partial charge in [0.2, 0.25) is 5.91 Å². The molecule has 0 fully saturated rings. The molecule has 0 spiro atoms. The molecule has 20 heavy (non-hydrogen) atoms. The molecule has 0 aliphatic heterocycles. The van der Waals surface area contributed by atoms with Crippen LogP contribution in [-0.2, 0) is 14.8 Å². The summed E-state index contributed by atoms with van der Waals surface area (Å²) in [5, 5.41) is 0. The first kappa shape index (κ1) is 18.9. The number of hydrogen-bond acceptors (Lipinski definition) is 3. The number of carbonyl (C=O) groups excluding carboxylic acids is 1. The van der Waals surface area contributed by atoms with Gasteiger partial charge in [-0.1, -0.05) is 31.8 Å². The maximum atomic E-state index is 12.0. The number of carbonyl (C=O) groups is 1. The van der Waals surface area contributed by atoms with E-state index in [-0.39, 0.29) is 6.42 Å². The van der Waals surface area contributed by atoms with Crippen molar-refractivity contribution in [3.05, 3.63) is 12.7 Å². The predicted octanol–water partition coefficient (Wildman–Crippen LogP) is 3.26. The fraction of sp³-hybridized carbons (Fsp3) is 0.750. The highest BCUT2D eigenvalue weighted by atomic mass is 32.2. The zero-order chi connectivity index (χ0) is 15.6. The van der Waals surface area contributed by atoms with Crippen molar-refractivity contribution < 1.29 is 26.4 Å². The quantitative estimate of drug-likeness (QED) is 0.497. The zero-order valence-corrected chi connectivity index (χ0v) is 12.0. The summed E-state index contributed by atoms with van der Waals surface area (Å²) < 4.78 is 58.2. The highest BCUT2D eigenvalue weighted by Gasteiger charge is 2.46. The first-order chi connectivity index (χ1) is 9.20. The van der Waals surface area contributed by atoms with Crippen LogP contribution in [0, 0.1) is 0 Å². The van der Waals surface area contributed by atoms with Gasteiger partial charge in [-0.15, -0.1) is 6.58 Å². The summed E-state index contributed by atoms with van der Waals surface area (Å²) in [6.07, 6.45) is 7.58. The van der Waals surface area contributed by atoms with Crippen molar-refractivity contribution in [2.75, 3.05) is 0 Å². The van der Waals surface area contributed by atoms with E-state index < -0.39 is 21.4 Å². The summed E-state index contributed by atoms with van der Waals surface area (Å²) in [6, 6.07) is 0. The summed E-state index contributed by atoms with van der Waals surface area (Å²) in [7, 11) is -5.56. The van der Waals surface area contributed by atoms with E-state index in [1.54, 1.807) is 0 Å². The fourth-order valence-corrected chi connectivity index (χ4v) is 2.06. The molecule has 0 atom stereocenters. The van der Waals surface area contributed by atoms with Crippen LogP contribution in [0.2, 0.25) is 0 Å². The molecular weight excluding hydrogens is 295 g/mol. The number of nitrogens with one attached hydrogen (secondary N) is 1. The van der Waals surface area contributed by atoms with Crippen LogP contribution in [0.1, 0.15) is 51.4 Å². The SMILES string of the molecule is C=CCCCCCCCCC(=O)NS(=O)(=O)C(F)(F)F. The minimum Gasteiger partial charge on any atom is -0.274 e. The van der Waals surface area contributed by atoms with Crippen molar-refractivity contribution in [3.63, 3.8) is 0 Å². The lowest BCUT2D eigenvalue weighted by Gasteiger charge is -2.09. The summed E-state index contributed by atoms with van der Waals surface area (Å²) >= 11 is 0. The number of halogens is 3. The fourth-order valence-electron chi connectivity index (χ4n) is 1.54. The molecular formula is C12H20F3NO3S. The molecule has 0 aliphatic carbocycles. The molecule has 0 aromatic heterocycles. The zero-order valence-electron chi connectivity index (χ0n) is 11.2. The Morgan fingerprint density at radius 1 is 1.05 bits per heavy atom. The lowest BCUT2D eigenvalue weighted by atomic mass is 10.1. The maximum Gasteiger partial charge on any atom is 0.516 e. The molecule has 0 aromatic carbocycles. The van der Waals surface area contributed by atoms with E-state index in [1.807, 2.05) is 6.08 Å². The third kappa shape index (κ3) is 8.19. The molecule has 0 aliphatic rings. The monoisotopic (exact) mass is 315 g/mol. The van der Waals surface area contributed by atoms with Crippen molar-refractivity contribution in [1.29, 1.82) is 0 Å². The Labute approximate surface area is 117 Å². The van der Waals surface area contributed by atoms with E-state index >= 15 is 0 Å². The Bertz CT molecular complexity index is 405. The number of sulfonamides is 1. The van der Waals surface area contributed by atoms with Crippen LogP contribution in [0.3, 0.4) is 0 Å². The third-order valence-corrected chi connectivity index (χ3v) is 3.72. The Hall–Kier alpha value is -1.05. The van der Waals surface area contributed by atoms with Crippen LogP contribution in [0.4, 0.5) is 13.2 Å². The lowest BCUT2D eigenvalue weighted by Crippen LogP contribution is -2.40. The number of hydrogen-bond donors (Lipinski definition) is 1. The maximum absolute atomic E-state index is 12.0. The van der Waals surface area contributed by atoms with E-state index in [0.29, 0.717) is 12.8 Å². The van der Waals surface area contributed by atoms with E-state index in [1.165, 1.54) is 0 Å². The second kappa shape index (κ2) is 8.99. The molecule has 1 amide bonds. The number of allylic oxidation sites excluding steroid dienone is 1. The standard InChI is InChI=1S/C12H20F3NO3S/c1-2-3-4-5-6-7-8-9-10-11(17)16-20(18,19)12(13,14)15/h2H,1,3-10H2,(H,16,17). The normalized spacial score (nSPS) is 12.2. The van der Waals surface area contributed by atoms with Gasteiger partial charge in [-0.25, -0.2) is 4.72 Å². The molecule has 0 rings (SSSR count). The Balaban J connectivity index is 3.73. The van der Waals surface area contributed by atoms with Crippen LogP contribution >= 0.6 is 0 Å². The number of amides is 1. The second-order valence-corrected chi connectivity index (χ2v) is 6.10. The third-order valence-electron chi connectivity index (χ3n) is 2.61. The van der Waals surface area contributed by atoms with Gasteiger partial charge in [0.25, 0.3) is 0 Å². The second-order valence-electron chi connectivity index (χ2n) is 4.42. The summed E-state index contributed by atoms with van der Waals surface area (Å²) in [6.45, 7) is 3.60. The van der Waals surface area contributed by atoms with Gasteiger partial charge >= 0.3 is 15.5 Å². The topological polar surface area (TPSA) is 63.2 Å². The first-order valence-corrected chi connectivity index (χ1v) is 7.92. The van der Waals surface area contributed by atoms with Gasteiger partial charge in [-0.2, -0.15) is 21.6 Å². The van der Waals surface area contributed by atoms with E-state index in [0.717, 1.165) is 36.8 Å². The Kier molecular flexibility index (Phi) is 8.52. The van der Waals surface area contributed by atoms with E-state index in [4.69, 9.17) is 0 Å². The molecule has 4 nitrogen and oxygen atoms in total. The predicted molar refractivity (Wildman–Crippen MR) is 70.3 cm³/mol. The average Bonchev–Trinajstić information content (AvgIpc) is 2.30. The minimum absolute atomic E-state index is 0.220. The minimum atomic E-state index is -5.56. The number of unbranched alkanes of at least 4 members (excludes halogenated alkanes) is 6. The molecule has 0 heterocycles. The van der Waals surface area contributed by atoms with Crippen LogP contribution in [0.25, 0.3) is 0 Å². The molecule has 8 heteroatoms. The van der Waals surface area contributed by atoms with Crippen LogP contribution < -0.4 is 4.72 Å². The molecule has 0 unspecified atom stereocenters. The van der Waals surface area contributed by atoms with Gasteiger partial charge in [-0.05, 0) is 19.3 Å². The van der Waals surface area contributed by atoms with Crippen LogP contribution in [0.5, 0.6) is 0 Å². The van der Waals surface area contributed by atoms with Crippen molar-refractivity contribution in [2.24, 2.45) is 0 Å². The number of alkyl halides is 3. The Morgan fingerprint density at radius 2 is 1.55 bits per heavy atom. The van der Waals surface area contributed by atoms with Gasteiger partial charge in [0.1, 0.15) is 0 Å². The molecule has 118 valence electrons. The highest BCUT2D eigenvalue weighted by Crippen LogP contribution is 2.21. The van der Waals surface area contributed by atoms with Crippen LogP contribution in [0.15, 0.2) is 12.7 Å². The van der Waals surface area contributed by atoms with Crippen LogP contribution in [-0.4, -0.2) is 19.8 Å². The summed E-state index contributed by atoms with van der Waals surface area (Å²) in [5.41, 5.74) is -5.45. The number of rotatable bonds is 10.